The second-order valence-electron chi connectivity index (χ2n) is 3.60. The average molecular weight is 239 g/mol. The summed E-state index contributed by atoms with van der Waals surface area (Å²) in [6.45, 7) is 0. The Hall–Kier alpha value is -2.81. The van der Waals surface area contributed by atoms with Crippen LogP contribution in [0, 0.1) is 17.1 Å². The van der Waals surface area contributed by atoms with Gasteiger partial charge in [-0.1, -0.05) is 0 Å². The molecular formula is C12H6FN5. The summed E-state index contributed by atoms with van der Waals surface area (Å²) in [4.78, 5) is 8.18. The maximum absolute atomic E-state index is 13.6. The molecule has 18 heavy (non-hydrogen) atoms. The van der Waals surface area contributed by atoms with Gasteiger partial charge in [-0.3, -0.25) is 0 Å². The topological polar surface area (TPSA) is 66.9 Å². The highest BCUT2D eigenvalue weighted by Gasteiger charge is 2.09. The quantitative estimate of drug-likeness (QED) is 0.649. The van der Waals surface area contributed by atoms with Gasteiger partial charge in [0.15, 0.2) is 11.5 Å². The van der Waals surface area contributed by atoms with Crippen molar-refractivity contribution in [3.05, 3.63) is 48.2 Å². The largest absolute Gasteiger partial charge is 0.236 e. The molecular weight excluding hydrogens is 233 g/mol. The third-order valence-corrected chi connectivity index (χ3v) is 2.54. The van der Waals surface area contributed by atoms with E-state index in [1.165, 1.54) is 23.0 Å². The molecule has 0 aliphatic rings. The Balaban J connectivity index is 2.24. The van der Waals surface area contributed by atoms with Crippen LogP contribution in [0.2, 0.25) is 0 Å². The van der Waals surface area contributed by atoms with E-state index >= 15 is 0 Å². The van der Waals surface area contributed by atoms with E-state index in [0.717, 1.165) is 0 Å². The molecule has 0 amide bonds. The molecule has 0 atom stereocenters. The fraction of sp³-hybridized carbons (Fsp3) is 0. The highest BCUT2D eigenvalue weighted by Crippen LogP contribution is 2.19. The van der Waals surface area contributed by atoms with Gasteiger partial charge < -0.3 is 0 Å². The monoisotopic (exact) mass is 239 g/mol. The molecule has 0 saturated carbocycles. The summed E-state index contributed by atoms with van der Waals surface area (Å²) in [5.41, 5.74) is 1.18. The molecule has 0 saturated heterocycles. The first-order valence-corrected chi connectivity index (χ1v) is 5.14. The summed E-state index contributed by atoms with van der Waals surface area (Å²) in [5.74, 6) is -0.0951. The van der Waals surface area contributed by atoms with Gasteiger partial charge in [-0.05, 0) is 18.2 Å². The maximum Gasteiger partial charge on any atom is 0.163 e. The highest BCUT2D eigenvalue weighted by molar-refractivity contribution is 5.59. The Kier molecular flexibility index (Phi) is 2.24. The van der Waals surface area contributed by atoms with Gasteiger partial charge in [0.25, 0.3) is 0 Å². The van der Waals surface area contributed by atoms with Crippen LogP contribution >= 0.6 is 0 Å². The van der Waals surface area contributed by atoms with Gasteiger partial charge in [-0.15, -0.1) is 0 Å². The van der Waals surface area contributed by atoms with Crippen LogP contribution in [0.3, 0.4) is 0 Å². The third-order valence-electron chi connectivity index (χ3n) is 2.54. The van der Waals surface area contributed by atoms with Crippen LogP contribution < -0.4 is 0 Å². The van der Waals surface area contributed by atoms with Crippen molar-refractivity contribution < 1.29 is 4.39 Å². The van der Waals surface area contributed by atoms with Gasteiger partial charge in [0, 0.05) is 17.8 Å². The van der Waals surface area contributed by atoms with Crippen molar-refractivity contribution in [2.75, 3.05) is 0 Å². The molecule has 1 aromatic carbocycles. The molecule has 5 nitrogen and oxygen atoms in total. The Morgan fingerprint density at radius 1 is 1.22 bits per heavy atom. The summed E-state index contributed by atoms with van der Waals surface area (Å²) in [6, 6.07) is 7.80. The third kappa shape index (κ3) is 1.50. The van der Waals surface area contributed by atoms with Crippen LogP contribution in [0.15, 0.2) is 36.8 Å². The van der Waals surface area contributed by atoms with Gasteiger partial charge in [0.1, 0.15) is 18.2 Å². The zero-order valence-corrected chi connectivity index (χ0v) is 9.08. The van der Waals surface area contributed by atoms with Crippen LogP contribution in [0.4, 0.5) is 4.39 Å². The number of benzene rings is 1. The van der Waals surface area contributed by atoms with Crippen molar-refractivity contribution in [2.45, 2.75) is 0 Å². The zero-order chi connectivity index (χ0) is 12.5. The van der Waals surface area contributed by atoms with Gasteiger partial charge in [0.05, 0.1) is 5.56 Å². The minimum absolute atomic E-state index is 0.00418. The second-order valence-corrected chi connectivity index (χ2v) is 3.60. The SMILES string of the molecule is N#Cc1ccc(-c2nccc3ncnn23)cc1F. The van der Waals surface area contributed by atoms with E-state index in [9.17, 15) is 4.39 Å². The first kappa shape index (κ1) is 10.4. The van der Waals surface area contributed by atoms with E-state index in [1.54, 1.807) is 24.4 Å². The number of halogens is 1. The minimum Gasteiger partial charge on any atom is -0.236 e. The van der Waals surface area contributed by atoms with E-state index in [-0.39, 0.29) is 5.56 Å². The molecule has 0 fully saturated rings. The maximum atomic E-state index is 13.6. The van der Waals surface area contributed by atoms with Crippen molar-refractivity contribution in [3.63, 3.8) is 0 Å². The number of nitrogens with zero attached hydrogens (tertiary/aromatic N) is 5. The van der Waals surface area contributed by atoms with E-state index in [1.807, 2.05) is 0 Å². The number of hydrogen-bond acceptors (Lipinski definition) is 4. The summed E-state index contributed by atoms with van der Waals surface area (Å²) < 4.78 is 15.1. The standard InChI is InChI=1S/C12H6FN5/c13-10-5-8(1-2-9(10)6-14)12-15-4-3-11-16-7-17-18(11)12/h1-5,7H. The lowest BCUT2D eigenvalue weighted by Gasteiger charge is -2.03. The van der Waals surface area contributed by atoms with Crippen LogP contribution in [0.25, 0.3) is 17.0 Å². The van der Waals surface area contributed by atoms with Gasteiger partial charge >= 0.3 is 0 Å². The summed E-state index contributed by atoms with van der Waals surface area (Å²) >= 11 is 0. The van der Waals surface area contributed by atoms with Gasteiger partial charge in [-0.2, -0.15) is 14.9 Å². The number of aromatic nitrogens is 4. The smallest absolute Gasteiger partial charge is 0.163 e. The normalized spacial score (nSPS) is 10.4. The number of rotatable bonds is 1. The Bertz CT molecular complexity index is 771. The average Bonchev–Trinajstić information content (AvgIpc) is 2.86. The zero-order valence-electron chi connectivity index (χ0n) is 9.08. The van der Waals surface area contributed by atoms with Crippen molar-refractivity contribution in [1.82, 2.24) is 19.6 Å². The Morgan fingerprint density at radius 3 is 2.89 bits per heavy atom. The molecule has 0 unspecified atom stereocenters. The number of hydrogen-bond donors (Lipinski definition) is 0. The molecule has 2 aromatic heterocycles. The lowest BCUT2D eigenvalue weighted by atomic mass is 10.1. The number of fused-ring (bicyclic) bond motifs is 1. The van der Waals surface area contributed by atoms with E-state index < -0.39 is 5.82 Å². The Labute approximate surface area is 101 Å². The molecule has 0 N–H and O–H groups in total. The fourth-order valence-corrected chi connectivity index (χ4v) is 1.70. The summed E-state index contributed by atoms with van der Waals surface area (Å²) in [6.07, 6.45) is 2.98. The van der Waals surface area contributed by atoms with Crippen LogP contribution in [-0.2, 0) is 0 Å². The molecule has 0 radical (unpaired) electrons. The summed E-state index contributed by atoms with van der Waals surface area (Å²) in [7, 11) is 0. The lowest BCUT2D eigenvalue weighted by Crippen LogP contribution is -1.97. The lowest BCUT2D eigenvalue weighted by molar-refractivity contribution is 0.624. The number of nitriles is 1. The second kappa shape index (κ2) is 3.89. The minimum atomic E-state index is -0.575. The predicted molar refractivity (Wildman–Crippen MR) is 60.9 cm³/mol. The molecule has 6 heteroatoms. The van der Waals surface area contributed by atoms with E-state index in [2.05, 4.69) is 15.1 Å². The van der Waals surface area contributed by atoms with Crippen molar-refractivity contribution in [3.8, 4) is 17.5 Å². The van der Waals surface area contributed by atoms with E-state index in [4.69, 9.17) is 5.26 Å². The first-order valence-electron chi connectivity index (χ1n) is 5.14. The molecule has 0 spiro atoms. The van der Waals surface area contributed by atoms with E-state index in [0.29, 0.717) is 17.0 Å². The molecule has 0 bridgehead atoms. The first-order chi connectivity index (χ1) is 8.79. The van der Waals surface area contributed by atoms with Crippen molar-refractivity contribution >= 4 is 5.65 Å². The molecule has 0 aliphatic heterocycles. The predicted octanol–water partition coefficient (Wildman–Crippen LogP) is 1.80. The molecule has 3 rings (SSSR count). The fourth-order valence-electron chi connectivity index (χ4n) is 1.70. The van der Waals surface area contributed by atoms with Crippen LogP contribution in [0.5, 0.6) is 0 Å². The molecule has 0 aliphatic carbocycles. The Morgan fingerprint density at radius 2 is 2.11 bits per heavy atom. The van der Waals surface area contributed by atoms with Crippen LogP contribution in [0.1, 0.15) is 5.56 Å². The van der Waals surface area contributed by atoms with Crippen molar-refractivity contribution in [2.24, 2.45) is 0 Å². The van der Waals surface area contributed by atoms with Gasteiger partial charge in [-0.25, -0.2) is 14.4 Å². The molecule has 86 valence electrons. The molecule has 2 heterocycles. The molecule has 3 aromatic rings. The highest BCUT2D eigenvalue weighted by atomic mass is 19.1. The van der Waals surface area contributed by atoms with Crippen LogP contribution in [-0.4, -0.2) is 19.6 Å². The summed E-state index contributed by atoms with van der Waals surface area (Å²) in [5, 5.41) is 12.7. The van der Waals surface area contributed by atoms with Gasteiger partial charge in [0.2, 0.25) is 0 Å². The van der Waals surface area contributed by atoms with Crippen molar-refractivity contribution in [1.29, 1.82) is 5.26 Å².